The minimum Gasteiger partial charge on any atom is -0.480 e. The zero-order valence-corrected chi connectivity index (χ0v) is 20.1. The number of fused-ring (bicyclic) bond motifs is 2. The van der Waals surface area contributed by atoms with E-state index in [1.54, 1.807) is 24.3 Å². The van der Waals surface area contributed by atoms with Gasteiger partial charge >= 0.3 is 5.97 Å². The highest BCUT2D eigenvalue weighted by molar-refractivity contribution is 7.99. The summed E-state index contributed by atoms with van der Waals surface area (Å²) in [5, 5.41) is 10.8. The van der Waals surface area contributed by atoms with Gasteiger partial charge in [0.15, 0.2) is 5.43 Å². The van der Waals surface area contributed by atoms with Crippen molar-refractivity contribution in [1.29, 1.82) is 0 Å². The largest absolute Gasteiger partial charge is 0.480 e. The van der Waals surface area contributed by atoms with Gasteiger partial charge in [0.25, 0.3) is 0 Å². The van der Waals surface area contributed by atoms with E-state index in [0.717, 1.165) is 12.8 Å². The lowest BCUT2D eigenvalue weighted by molar-refractivity contribution is -0.137. The van der Waals surface area contributed by atoms with Crippen molar-refractivity contribution < 1.29 is 18.7 Å². The molecule has 2 heterocycles. The average molecular weight is 508 g/mol. The van der Waals surface area contributed by atoms with Crippen LogP contribution in [0, 0.1) is 11.8 Å². The third kappa shape index (κ3) is 4.35. The Morgan fingerprint density at radius 3 is 2.50 bits per heavy atom. The SMILES string of the molecule is CSc1c(Cl)ccc2c(=O)c3ccc(N(CC4CC4)CC4CC(F)(F)C4)nc3n(CC(=O)O)c12. The molecule has 0 bridgehead atoms. The molecule has 180 valence electrons. The third-order valence-corrected chi connectivity index (χ3v) is 7.86. The lowest BCUT2D eigenvalue weighted by Gasteiger charge is -2.38. The summed E-state index contributed by atoms with van der Waals surface area (Å²) >= 11 is 7.73. The van der Waals surface area contributed by atoms with Crippen LogP contribution in [0.5, 0.6) is 0 Å². The van der Waals surface area contributed by atoms with Gasteiger partial charge in [0, 0.05) is 31.3 Å². The highest BCUT2D eigenvalue weighted by atomic mass is 35.5. The van der Waals surface area contributed by atoms with E-state index >= 15 is 0 Å². The first-order valence-corrected chi connectivity index (χ1v) is 12.8. The molecule has 2 aliphatic carbocycles. The number of anilines is 1. The van der Waals surface area contributed by atoms with E-state index in [1.807, 2.05) is 11.2 Å². The number of rotatable bonds is 8. The Morgan fingerprint density at radius 2 is 1.88 bits per heavy atom. The lowest BCUT2D eigenvalue weighted by atomic mass is 9.81. The van der Waals surface area contributed by atoms with E-state index in [9.17, 15) is 23.5 Å². The molecule has 6 nitrogen and oxygen atoms in total. The molecule has 2 aliphatic rings. The molecular weight excluding hydrogens is 484 g/mol. The Morgan fingerprint density at radius 1 is 1.21 bits per heavy atom. The fourth-order valence-electron chi connectivity index (χ4n) is 4.83. The Bertz CT molecular complexity index is 1350. The molecule has 5 rings (SSSR count). The van der Waals surface area contributed by atoms with Crippen molar-refractivity contribution in [3.63, 3.8) is 0 Å². The maximum Gasteiger partial charge on any atom is 0.323 e. The number of carboxylic acid groups (broad SMARTS) is 1. The van der Waals surface area contributed by atoms with Crippen LogP contribution >= 0.6 is 23.4 Å². The monoisotopic (exact) mass is 507 g/mol. The number of hydrogen-bond acceptors (Lipinski definition) is 5. The Balaban J connectivity index is 1.68. The van der Waals surface area contributed by atoms with E-state index in [1.165, 1.54) is 16.3 Å². The van der Waals surface area contributed by atoms with Gasteiger partial charge in [-0.3, -0.25) is 9.59 Å². The fourth-order valence-corrected chi connectivity index (χ4v) is 5.89. The molecule has 2 aromatic heterocycles. The van der Waals surface area contributed by atoms with Crippen molar-refractivity contribution in [1.82, 2.24) is 9.55 Å². The summed E-state index contributed by atoms with van der Waals surface area (Å²) in [6.45, 7) is 0.775. The van der Waals surface area contributed by atoms with Gasteiger partial charge in [-0.15, -0.1) is 11.8 Å². The normalized spacial score (nSPS) is 17.8. The molecule has 1 N–H and O–H groups in total. The van der Waals surface area contributed by atoms with E-state index in [-0.39, 0.29) is 29.8 Å². The molecule has 0 unspecified atom stereocenters. The maximum absolute atomic E-state index is 13.5. The van der Waals surface area contributed by atoms with Gasteiger partial charge in [-0.2, -0.15) is 0 Å². The predicted molar refractivity (Wildman–Crippen MR) is 131 cm³/mol. The number of thioether (sulfide) groups is 1. The molecule has 0 spiro atoms. The van der Waals surface area contributed by atoms with Crippen molar-refractivity contribution in [2.75, 3.05) is 24.2 Å². The molecule has 3 aromatic rings. The highest BCUT2D eigenvalue weighted by Gasteiger charge is 2.46. The second-order valence-electron chi connectivity index (χ2n) is 9.31. The van der Waals surface area contributed by atoms with Crippen LogP contribution in [0.3, 0.4) is 0 Å². The van der Waals surface area contributed by atoms with Gasteiger partial charge in [0.05, 0.1) is 20.8 Å². The molecule has 1 aromatic carbocycles. The number of carboxylic acids is 1. The Labute approximate surface area is 203 Å². The maximum atomic E-state index is 13.5. The van der Waals surface area contributed by atoms with E-state index in [4.69, 9.17) is 16.6 Å². The molecular formula is C24H24ClF2N3O3S. The molecule has 0 atom stereocenters. The molecule has 2 saturated carbocycles. The van der Waals surface area contributed by atoms with Gasteiger partial charge < -0.3 is 14.6 Å². The summed E-state index contributed by atoms with van der Waals surface area (Å²) in [5.74, 6) is -2.72. The van der Waals surface area contributed by atoms with Crippen LogP contribution in [0.2, 0.25) is 5.02 Å². The van der Waals surface area contributed by atoms with Gasteiger partial charge in [-0.05, 0) is 55.2 Å². The molecule has 34 heavy (non-hydrogen) atoms. The van der Waals surface area contributed by atoms with Gasteiger partial charge in [0.2, 0.25) is 5.92 Å². The van der Waals surface area contributed by atoms with E-state index in [0.29, 0.717) is 51.0 Å². The second kappa shape index (κ2) is 8.68. The van der Waals surface area contributed by atoms with Gasteiger partial charge in [-0.25, -0.2) is 13.8 Å². The molecule has 0 amide bonds. The van der Waals surface area contributed by atoms with Crippen LogP contribution < -0.4 is 10.3 Å². The zero-order chi connectivity index (χ0) is 24.2. The van der Waals surface area contributed by atoms with Crippen LogP contribution in [0.1, 0.15) is 25.7 Å². The van der Waals surface area contributed by atoms with Crippen LogP contribution in [0.4, 0.5) is 14.6 Å². The van der Waals surface area contributed by atoms with E-state index < -0.39 is 18.4 Å². The summed E-state index contributed by atoms with van der Waals surface area (Å²) in [6, 6.07) is 6.66. The molecule has 2 fully saturated rings. The first-order chi connectivity index (χ1) is 16.2. The van der Waals surface area contributed by atoms with Crippen LogP contribution in [-0.2, 0) is 11.3 Å². The topological polar surface area (TPSA) is 75.4 Å². The van der Waals surface area contributed by atoms with Crippen molar-refractivity contribution in [2.24, 2.45) is 11.8 Å². The highest BCUT2D eigenvalue weighted by Crippen LogP contribution is 2.43. The third-order valence-electron chi connectivity index (χ3n) is 6.61. The first-order valence-electron chi connectivity index (χ1n) is 11.2. The van der Waals surface area contributed by atoms with Crippen LogP contribution in [0.25, 0.3) is 21.9 Å². The number of aliphatic carboxylic acids is 1. The molecule has 0 aliphatic heterocycles. The molecule has 0 saturated heterocycles. The number of aromatic nitrogens is 2. The number of pyridine rings is 2. The summed E-state index contributed by atoms with van der Waals surface area (Å²) < 4.78 is 28.4. The van der Waals surface area contributed by atoms with Crippen LogP contribution in [-0.4, -0.2) is 45.9 Å². The van der Waals surface area contributed by atoms with Crippen molar-refractivity contribution in [3.8, 4) is 0 Å². The summed E-state index contributed by atoms with van der Waals surface area (Å²) in [7, 11) is 0. The Hall–Kier alpha value is -2.39. The number of halogens is 3. The summed E-state index contributed by atoms with van der Waals surface area (Å²) in [5.41, 5.74) is 0.455. The van der Waals surface area contributed by atoms with Crippen molar-refractivity contribution in [3.05, 3.63) is 39.5 Å². The van der Waals surface area contributed by atoms with E-state index in [2.05, 4.69) is 0 Å². The van der Waals surface area contributed by atoms with Crippen LogP contribution in [0.15, 0.2) is 34.0 Å². The molecule has 0 radical (unpaired) electrons. The summed E-state index contributed by atoms with van der Waals surface area (Å²) in [4.78, 5) is 32.5. The second-order valence-corrected chi connectivity index (χ2v) is 10.5. The fraction of sp³-hybridized carbons (Fsp3) is 0.458. The van der Waals surface area contributed by atoms with Crippen molar-refractivity contribution in [2.45, 2.75) is 43.0 Å². The number of alkyl halides is 2. The smallest absolute Gasteiger partial charge is 0.323 e. The standard InChI is InChI=1S/C24H24ClF2N3O3S/c1-34-22-17(25)6-4-15-20(22)30(12-19(31)32)23-16(21(15)33)5-7-18(28-23)29(10-13-2-3-13)11-14-8-24(26,27)9-14/h4-7,13-14H,2-3,8-12H2,1H3,(H,31,32). The number of hydrogen-bond donors (Lipinski definition) is 1. The summed E-state index contributed by atoms with van der Waals surface area (Å²) in [6.07, 6.45) is 3.73. The predicted octanol–water partition coefficient (Wildman–Crippen LogP) is 5.27. The lowest BCUT2D eigenvalue weighted by Crippen LogP contribution is -2.43. The Kier molecular flexibility index (Phi) is 5.96. The first kappa shape index (κ1) is 23.4. The molecule has 10 heteroatoms. The van der Waals surface area contributed by atoms with Gasteiger partial charge in [-0.1, -0.05) is 11.6 Å². The average Bonchev–Trinajstić information content (AvgIpc) is 3.58. The van der Waals surface area contributed by atoms with Crippen molar-refractivity contribution >= 4 is 57.1 Å². The van der Waals surface area contributed by atoms with Gasteiger partial charge in [0.1, 0.15) is 18.0 Å². The zero-order valence-electron chi connectivity index (χ0n) is 18.6. The minimum absolute atomic E-state index is 0.119. The number of carbonyl (C=O) groups is 1. The number of nitrogens with zero attached hydrogens (tertiary/aromatic N) is 3. The number of benzene rings is 1. The minimum atomic E-state index is -2.60. The quantitative estimate of drug-likeness (QED) is 0.330.